The fourth-order valence-electron chi connectivity index (χ4n) is 3.11. The van der Waals surface area contributed by atoms with Gasteiger partial charge in [0.05, 0.1) is 0 Å². The smallest absolute Gasteiger partial charge is 0.257 e. The molecule has 0 unspecified atom stereocenters. The SMILES string of the molecule is CCN(c1nc(Cl)ncc1C(=O)NC(C)(C)C)C1CCCCC1. The first kappa shape index (κ1) is 18.0. The van der Waals surface area contributed by atoms with Gasteiger partial charge in [-0.05, 0) is 52.1 Å². The third-order valence-electron chi connectivity index (χ3n) is 4.10. The predicted molar refractivity (Wildman–Crippen MR) is 94.2 cm³/mol. The monoisotopic (exact) mass is 338 g/mol. The van der Waals surface area contributed by atoms with E-state index in [1.165, 1.54) is 25.5 Å². The molecule has 1 N–H and O–H groups in total. The third kappa shape index (κ3) is 4.80. The Labute approximate surface area is 143 Å². The van der Waals surface area contributed by atoms with Crippen molar-refractivity contribution < 1.29 is 4.79 Å². The minimum absolute atomic E-state index is 0.154. The lowest BCUT2D eigenvalue weighted by molar-refractivity contribution is 0.0919. The van der Waals surface area contributed by atoms with Crippen LogP contribution in [-0.4, -0.2) is 34.0 Å². The number of carbonyl (C=O) groups is 1. The molecule has 0 radical (unpaired) electrons. The minimum atomic E-state index is -0.310. The zero-order chi connectivity index (χ0) is 17.0. The van der Waals surface area contributed by atoms with Crippen molar-refractivity contribution in [1.82, 2.24) is 15.3 Å². The van der Waals surface area contributed by atoms with Crippen molar-refractivity contribution in [1.29, 1.82) is 0 Å². The lowest BCUT2D eigenvalue weighted by atomic mass is 9.94. The lowest BCUT2D eigenvalue weighted by Gasteiger charge is -2.35. The van der Waals surface area contributed by atoms with Gasteiger partial charge in [0, 0.05) is 24.3 Å². The predicted octanol–water partition coefficient (Wildman–Crippen LogP) is 3.82. The summed E-state index contributed by atoms with van der Waals surface area (Å²) in [4.78, 5) is 23.3. The van der Waals surface area contributed by atoms with Crippen LogP contribution in [-0.2, 0) is 0 Å². The molecule has 0 spiro atoms. The molecule has 1 amide bonds. The van der Waals surface area contributed by atoms with Crippen LogP contribution in [0.4, 0.5) is 5.82 Å². The number of nitrogens with zero attached hydrogens (tertiary/aromatic N) is 3. The molecule has 1 aliphatic carbocycles. The summed E-state index contributed by atoms with van der Waals surface area (Å²) in [5, 5.41) is 3.17. The van der Waals surface area contributed by atoms with Crippen LogP contribution < -0.4 is 10.2 Å². The molecular formula is C17H27ClN4O. The van der Waals surface area contributed by atoms with Crippen LogP contribution in [0.1, 0.15) is 70.2 Å². The molecule has 5 nitrogen and oxygen atoms in total. The zero-order valence-corrected chi connectivity index (χ0v) is 15.3. The van der Waals surface area contributed by atoms with Gasteiger partial charge in [-0.3, -0.25) is 4.79 Å². The van der Waals surface area contributed by atoms with Crippen LogP contribution in [0.25, 0.3) is 0 Å². The first-order valence-electron chi connectivity index (χ1n) is 8.43. The molecule has 2 rings (SSSR count). The van der Waals surface area contributed by atoms with Crippen LogP contribution in [0, 0.1) is 0 Å². The summed E-state index contributed by atoms with van der Waals surface area (Å²) in [5.41, 5.74) is 0.187. The van der Waals surface area contributed by atoms with Crippen LogP contribution in [0.3, 0.4) is 0 Å². The van der Waals surface area contributed by atoms with E-state index in [0.29, 0.717) is 17.4 Å². The van der Waals surface area contributed by atoms with Crippen molar-refractivity contribution in [3.05, 3.63) is 17.0 Å². The molecule has 1 aliphatic rings. The van der Waals surface area contributed by atoms with Crippen molar-refractivity contribution in [2.24, 2.45) is 0 Å². The van der Waals surface area contributed by atoms with E-state index in [1.807, 2.05) is 20.8 Å². The largest absolute Gasteiger partial charge is 0.353 e. The van der Waals surface area contributed by atoms with E-state index in [9.17, 15) is 4.79 Å². The average Bonchev–Trinajstić information content (AvgIpc) is 2.47. The maximum atomic E-state index is 12.6. The number of halogens is 1. The number of rotatable bonds is 4. The van der Waals surface area contributed by atoms with Crippen molar-refractivity contribution in [3.63, 3.8) is 0 Å². The summed E-state index contributed by atoms with van der Waals surface area (Å²) >= 11 is 6.01. The molecule has 1 fully saturated rings. The van der Waals surface area contributed by atoms with Gasteiger partial charge in [0.15, 0.2) is 0 Å². The van der Waals surface area contributed by atoms with Crippen molar-refractivity contribution in [2.45, 2.75) is 71.4 Å². The maximum absolute atomic E-state index is 12.6. The van der Waals surface area contributed by atoms with E-state index < -0.39 is 0 Å². The Kier molecular flexibility index (Phi) is 5.84. The van der Waals surface area contributed by atoms with Crippen LogP contribution in [0.15, 0.2) is 6.20 Å². The quantitative estimate of drug-likeness (QED) is 0.848. The summed E-state index contributed by atoms with van der Waals surface area (Å²) in [7, 11) is 0. The van der Waals surface area contributed by atoms with Crippen molar-refractivity contribution in [2.75, 3.05) is 11.4 Å². The average molecular weight is 339 g/mol. The molecule has 1 aromatic heterocycles. The molecule has 6 heteroatoms. The van der Waals surface area contributed by atoms with E-state index in [1.54, 1.807) is 0 Å². The highest BCUT2D eigenvalue weighted by atomic mass is 35.5. The Morgan fingerprint density at radius 3 is 2.57 bits per heavy atom. The van der Waals surface area contributed by atoms with E-state index in [4.69, 9.17) is 11.6 Å². The van der Waals surface area contributed by atoms with Crippen LogP contribution >= 0.6 is 11.6 Å². The first-order valence-corrected chi connectivity index (χ1v) is 8.81. The number of aromatic nitrogens is 2. The van der Waals surface area contributed by atoms with Gasteiger partial charge in [-0.15, -0.1) is 0 Å². The highest BCUT2D eigenvalue weighted by Gasteiger charge is 2.27. The molecule has 0 aliphatic heterocycles. The summed E-state index contributed by atoms with van der Waals surface area (Å²) in [6, 6.07) is 0.418. The zero-order valence-electron chi connectivity index (χ0n) is 14.5. The second-order valence-electron chi connectivity index (χ2n) is 7.16. The fraction of sp³-hybridized carbons (Fsp3) is 0.706. The van der Waals surface area contributed by atoms with Gasteiger partial charge in [0.25, 0.3) is 5.91 Å². The number of hydrogen-bond donors (Lipinski definition) is 1. The Hall–Kier alpha value is -1.36. The number of anilines is 1. The molecule has 1 saturated carbocycles. The minimum Gasteiger partial charge on any atom is -0.353 e. The van der Waals surface area contributed by atoms with Gasteiger partial charge < -0.3 is 10.2 Å². The van der Waals surface area contributed by atoms with Gasteiger partial charge in [-0.2, -0.15) is 4.98 Å². The Morgan fingerprint density at radius 2 is 2.00 bits per heavy atom. The lowest BCUT2D eigenvalue weighted by Crippen LogP contribution is -2.43. The summed E-state index contributed by atoms with van der Waals surface area (Å²) in [6.45, 7) is 8.77. The summed E-state index contributed by atoms with van der Waals surface area (Å²) in [6.07, 6.45) is 7.55. The summed E-state index contributed by atoms with van der Waals surface area (Å²) in [5.74, 6) is 0.500. The fourth-order valence-corrected chi connectivity index (χ4v) is 3.24. The van der Waals surface area contributed by atoms with E-state index in [2.05, 4.69) is 27.1 Å². The first-order chi connectivity index (χ1) is 10.8. The van der Waals surface area contributed by atoms with E-state index in [-0.39, 0.29) is 16.7 Å². The third-order valence-corrected chi connectivity index (χ3v) is 4.28. The molecule has 0 atom stereocenters. The van der Waals surface area contributed by atoms with E-state index >= 15 is 0 Å². The number of hydrogen-bond acceptors (Lipinski definition) is 4. The molecule has 0 bridgehead atoms. The van der Waals surface area contributed by atoms with Crippen molar-refractivity contribution in [3.8, 4) is 0 Å². The van der Waals surface area contributed by atoms with Gasteiger partial charge >= 0.3 is 0 Å². The van der Waals surface area contributed by atoms with Crippen LogP contribution in [0.5, 0.6) is 0 Å². The number of amides is 1. The second-order valence-corrected chi connectivity index (χ2v) is 7.50. The topological polar surface area (TPSA) is 58.1 Å². The molecule has 0 aromatic carbocycles. The Balaban J connectivity index is 2.34. The molecule has 128 valence electrons. The van der Waals surface area contributed by atoms with Gasteiger partial charge in [-0.25, -0.2) is 4.98 Å². The summed E-state index contributed by atoms with van der Waals surface area (Å²) < 4.78 is 0. The molecule has 0 saturated heterocycles. The highest BCUT2D eigenvalue weighted by Crippen LogP contribution is 2.29. The normalized spacial score (nSPS) is 16.2. The number of nitrogens with one attached hydrogen (secondary N) is 1. The van der Waals surface area contributed by atoms with Gasteiger partial charge in [-0.1, -0.05) is 19.3 Å². The Morgan fingerprint density at radius 1 is 1.35 bits per heavy atom. The number of carbonyl (C=O) groups excluding carboxylic acids is 1. The standard InChI is InChI=1S/C17H27ClN4O/c1-5-22(12-9-7-6-8-10-12)14-13(11-19-16(18)20-14)15(23)21-17(2,3)4/h11-12H,5-10H2,1-4H3,(H,21,23). The molecule has 1 aromatic rings. The molecule has 23 heavy (non-hydrogen) atoms. The van der Waals surface area contributed by atoms with E-state index in [0.717, 1.165) is 19.4 Å². The van der Waals surface area contributed by atoms with Crippen molar-refractivity contribution >= 4 is 23.3 Å². The second kappa shape index (κ2) is 7.47. The van der Waals surface area contributed by atoms with Gasteiger partial charge in [0.2, 0.25) is 5.28 Å². The maximum Gasteiger partial charge on any atom is 0.257 e. The molecular weight excluding hydrogens is 312 g/mol. The Bertz CT molecular complexity index is 550. The highest BCUT2D eigenvalue weighted by molar-refractivity contribution is 6.28. The molecule has 1 heterocycles. The van der Waals surface area contributed by atoms with Gasteiger partial charge in [0.1, 0.15) is 11.4 Å². The van der Waals surface area contributed by atoms with Crippen LogP contribution in [0.2, 0.25) is 5.28 Å².